The molecule has 7 heteroatoms. The number of carbonyl (C=O) groups excluding carboxylic acids is 1. The number of anilines is 1. The highest BCUT2D eigenvalue weighted by atomic mass is 19.1. The Bertz CT molecular complexity index is 890. The van der Waals surface area contributed by atoms with Crippen molar-refractivity contribution in [3.63, 3.8) is 0 Å². The monoisotopic (exact) mass is 342 g/mol. The van der Waals surface area contributed by atoms with E-state index in [1.165, 1.54) is 44.9 Å². The quantitative estimate of drug-likeness (QED) is 0.764. The number of oxazole rings is 1. The van der Waals surface area contributed by atoms with Crippen molar-refractivity contribution in [2.45, 2.75) is 0 Å². The summed E-state index contributed by atoms with van der Waals surface area (Å²) in [5.41, 5.74) is 1.17. The minimum Gasteiger partial charge on any atom is -0.493 e. The molecule has 0 aliphatic rings. The summed E-state index contributed by atoms with van der Waals surface area (Å²) < 4.78 is 28.8. The first-order valence-corrected chi connectivity index (χ1v) is 7.35. The predicted molar refractivity (Wildman–Crippen MR) is 89.4 cm³/mol. The summed E-state index contributed by atoms with van der Waals surface area (Å²) >= 11 is 0. The maximum atomic E-state index is 13.0. The standard InChI is InChI=1S/C18H15FN2O4/c1-23-14-8-3-11(9-15(14)24-2)17-16(20-10-25-17)18(22)21-13-6-4-12(19)5-7-13/h3-10H,1-2H3,(H,21,22). The van der Waals surface area contributed by atoms with Gasteiger partial charge in [0.15, 0.2) is 29.3 Å². The zero-order valence-corrected chi connectivity index (χ0v) is 13.6. The molecule has 0 radical (unpaired) electrons. The second-order valence-electron chi connectivity index (χ2n) is 5.06. The molecule has 0 unspecified atom stereocenters. The molecule has 6 nitrogen and oxygen atoms in total. The molecule has 1 amide bonds. The van der Waals surface area contributed by atoms with E-state index >= 15 is 0 Å². The molecule has 1 heterocycles. The van der Waals surface area contributed by atoms with Crippen molar-refractivity contribution in [3.05, 3.63) is 60.4 Å². The molecule has 0 aliphatic heterocycles. The van der Waals surface area contributed by atoms with Crippen molar-refractivity contribution >= 4 is 11.6 Å². The Balaban J connectivity index is 1.89. The molecule has 3 rings (SSSR count). The Kier molecular flexibility index (Phi) is 4.65. The molecular formula is C18H15FN2O4. The summed E-state index contributed by atoms with van der Waals surface area (Å²) in [5, 5.41) is 2.65. The number of halogens is 1. The van der Waals surface area contributed by atoms with Crippen molar-refractivity contribution < 1.29 is 23.1 Å². The molecule has 0 aliphatic carbocycles. The van der Waals surface area contributed by atoms with E-state index in [2.05, 4.69) is 10.3 Å². The van der Waals surface area contributed by atoms with Gasteiger partial charge in [-0.3, -0.25) is 4.79 Å². The van der Waals surface area contributed by atoms with Crippen LogP contribution in [0.2, 0.25) is 0 Å². The highest BCUT2D eigenvalue weighted by Gasteiger charge is 2.20. The fraction of sp³-hybridized carbons (Fsp3) is 0.111. The van der Waals surface area contributed by atoms with Gasteiger partial charge in [0.2, 0.25) is 0 Å². The molecule has 3 aromatic rings. The average Bonchev–Trinajstić information content (AvgIpc) is 3.13. The zero-order chi connectivity index (χ0) is 17.8. The molecule has 0 fully saturated rings. The Hall–Kier alpha value is -3.35. The van der Waals surface area contributed by atoms with E-state index < -0.39 is 5.91 Å². The van der Waals surface area contributed by atoms with Crippen molar-refractivity contribution in [2.24, 2.45) is 0 Å². The van der Waals surface area contributed by atoms with E-state index in [1.54, 1.807) is 18.2 Å². The number of aromatic nitrogens is 1. The Labute approximate surface area is 143 Å². The molecule has 0 saturated heterocycles. The summed E-state index contributed by atoms with van der Waals surface area (Å²) in [5.74, 6) is 0.500. The predicted octanol–water partition coefficient (Wildman–Crippen LogP) is 3.75. The summed E-state index contributed by atoms with van der Waals surface area (Å²) in [7, 11) is 3.05. The fourth-order valence-corrected chi connectivity index (χ4v) is 2.31. The van der Waals surface area contributed by atoms with Gasteiger partial charge in [-0.15, -0.1) is 0 Å². The van der Waals surface area contributed by atoms with Gasteiger partial charge in [0.25, 0.3) is 5.91 Å². The normalized spacial score (nSPS) is 10.4. The molecular weight excluding hydrogens is 327 g/mol. The third kappa shape index (κ3) is 3.45. The second-order valence-corrected chi connectivity index (χ2v) is 5.06. The summed E-state index contributed by atoms with van der Waals surface area (Å²) in [6.07, 6.45) is 1.19. The van der Waals surface area contributed by atoms with Crippen LogP contribution in [0.15, 0.2) is 53.3 Å². The van der Waals surface area contributed by atoms with Crippen LogP contribution >= 0.6 is 0 Å². The Morgan fingerprint density at radius 3 is 2.48 bits per heavy atom. The van der Waals surface area contributed by atoms with Gasteiger partial charge in [-0.2, -0.15) is 0 Å². The largest absolute Gasteiger partial charge is 0.493 e. The lowest BCUT2D eigenvalue weighted by molar-refractivity contribution is 0.102. The molecule has 0 bridgehead atoms. The van der Waals surface area contributed by atoms with E-state index in [9.17, 15) is 9.18 Å². The van der Waals surface area contributed by atoms with E-state index in [4.69, 9.17) is 13.9 Å². The molecule has 1 N–H and O–H groups in total. The number of methoxy groups -OCH3 is 2. The van der Waals surface area contributed by atoms with Crippen LogP contribution in [0.5, 0.6) is 11.5 Å². The highest BCUT2D eigenvalue weighted by Crippen LogP contribution is 2.33. The van der Waals surface area contributed by atoms with E-state index in [1.807, 2.05) is 0 Å². The van der Waals surface area contributed by atoms with Gasteiger partial charge in [-0.05, 0) is 42.5 Å². The first kappa shape index (κ1) is 16.5. The van der Waals surface area contributed by atoms with Crippen LogP contribution < -0.4 is 14.8 Å². The van der Waals surface area contributed by atoms with Crippen LogP contribution in [-0.4, -0.2) is 25.1 Å². The molecule has 1 aromatic heterocycles. The number of nitrogens with zero attached hydrogens (tertiary/aromatic N) is 1. The summed E-state index contributed by atoms with van der Waals surface area (Å²) in [4.78, 5) is 16.4. The zero-order valence-electron chi connectivity index (χ0n) is 13.6. The third-order valence-electron chi connectivity index (χ3n) is 3.53. The number of hydrogen-bond acceptors (Lipinski definition) is 5. The molecule has 0 spiro atoms. The van der Waals surface area contributed by atoms with Crippen molar-refractivity contribution in [2.75, 3.05) is 19.5 Å². The van der Waals surface area contributed by atoms with Crippen LogP contribution in [0.3, 0.4) is 0 Å². The molecule has 0 atom stereocenters. The van der Waals surface area contributed by atoms with Gasteiger partial charge in [0.05, 0.1) is 14.2 Å². The van der Waals surface area contributed by atoms with Crippen LogP contribution in [0.1, 0.15) is 10.5 Å². The molecule has 128 valence electrons. The van der Waals surface area contributed by atoms with Crippen LogP contribution in [0.4, 0.5) is 10.1 Å². The third-order valence-corrected chi connectivity index (χ3v) is 3.53. The van der Waals surface area contributed by atoms with Gasteiger partial charge < -0.3 is 19.2 Å². The molecule has 0 saturated carbocycles. The lowest BCUT2D eigenvalue weighted by atomic mass is 10.1. The SMILES string of the molecule is COc1ccc(-c2ocnc2C(=O)Nc2ccc(F)cc2)cc1OC. The minimum atomic E-state index is -0.467. The van der Waals surface area contributed by atoms with E-state index in [0.29, 0.717) is 28.5 Å². The number of benzene rings is 2. The lowest BCUT2D eigenvalue weighted by Crippen LogP contribution is -2.13. The first-order valence-electron chi connectivity index (χ1n) is 7.35. The summed E-state index contributed by atoms with van der Waals surface area (Å²) in [6.45, 7) is 0. The van der Waals surface area contributed by atoms with Gasteiger partial charge in [0.1, 0.15) is 5.82 Å². The van der Waals surface area contributed by atoms with Crippen LogP contribution in [0, 0.1) is 5.82 Å². The number of rotatable bonds is 5. The number of ether oxygens (including phenoxy) is 2. The van der Waals surface area contributed by atoms with Crippen molar-refractivity contribution in [3.8, 4) is 22.8 Å². The topological polar surface area (TPSA) is 73.6 Å². The Morgan fingerprint density at radius 2 is 1.80 bits per heavy atom. The van der Waals surface area contributed by atoms with Crippen molar-refractivity contribution in [1.82, 2.24) is 4.98 Å². The van der Waals surface area contributed by atoms with Gasteiger partial charge >= 0.3 is 0 Å². The highest BCUT2D eigenvalue weighted by molar-refractivity contribution is 6.06. The lowest BCUT2D eigenvalue weighted by Gasteiger charge is -2.09. The number of nitrogens with one attached hydrogen (secondary N) is 1. The Morgan fingerprint density at radius 1 is 1.08 bits per heavy atom. The molecule has 25 heavy (non-hydrogen) atoms. The minimum absolute atomic E-state index is 0.108. The second kappa shape index (κ2) is 7.04. The number of amides is 1. The maximum absolute atomic E-state index is 13.0. The van der Waals surface area contributed by atoms with Crippen LogP contribution in [-0.2, 0) is 0 Å². The van der Waals surface area contributed by atoms with Gasteiger partial charge in [0, 0.05) is 11.3 Å². The van der Waals surface area contributed by atoms with Crippen LogP contribution in [0.25, 0.3) is 11.3 Å². The number of carbonyl (C=O) groups is 1. The van der Waals surface area contributed by atoms with E-state index in [0.717, 1.165) is 0 Å². The first-order chi connectivity index (χ1) is 12.1. The van der Waals surface area contributed by atoms with Gasteiger partial charge in [-0.25, -0.2) is 9.37 Å². The molecule has 2 aromatic carbocycles. The smallest absolute Gasteiger partial charge is 0.278 e. The average molecular weight is 342 g/mol. The van der Waals surface area contributed by atoms with Gasteiger partial charge in [-0.1, -0.05) is 0 Å². The van der Waals surface area contributed by atoms with Crippen molar-refractivity contribution in [1.29, 1.82) is 0 Å². The van der Waals surface area contributed by atoms with E-state index in [-0.39, 0.29) is 11.5 Å². The fourth-order valence-electron chi connectivity index (χ4n) is 2.31. The summed E-state index contributed by atoms with van der Waals surface area (Å²) in [6, 6.07) is 10.6. The number of hydrogen-bond donors (Lipinski definition) is 1. The maximum Gasteiger partial charge on any atom is 0.278 e.